The predicted molar refractivity (Wildman–Crippen MR) is 131 cm³/mol. The molecule has 0 saturated heterocycles. The number of carbonyl (C=O) groups excluding carboxylic acids is 1. The van der Waals surface area contributed by atoms with Crippen LogP contribution < -0.4 is 10.2 Å². The van der Waals surface area contributed by atoms with E-state index in [0.29, 0.717) is 4.90 Å². The van der Waals surface area contributed by atoms with E-state index < -0.39 is 23.6 Å². The van der Waals surface area contributed by atoms with Crippen molar-refractivity contribution in [1.29, 1.82) is 0 Å². The fourth-order valence-corrected chi connectivity index (χ4v) is 3.66. The van der Waals surface area contributed by atoms with Crippen LogP contribution in [0.15, 0.2) is 41.2 Å². The molecule has 1 amide bonds. The summed E-state index contributed by atoms with van der Waals surface area (Å²) < 4.78 is 40.5. The number of amides is 1. The number of benzene rings is 1. The van der Waals surface area contributed by atoms with Crippen LogP contribution in [0.3, 0.4) is 0 Å². The molecular formula is C25H37F3N4O2. The first-order valence-electron chi connectivity index (χ1n) is 12.1. The number of nitrogens with one attached hydrogen (secondary N) is 1. The third-order valence-corrected chi connectivity index (χ3v) is 5.47. The Bertz CT molecular complexity index is 820. The van der Waals surface area contributed by atoms with E-state index in [4.69, 9.17) is 4.84 Å². The predicted octanol–water partition coefficient (Wildman–Crippen LogP) is 6.66. The molecule has 0 unspecified atom stereocenters. The van der Waals surface area contributed by atoms with Crippen LogP contribution in [-0.4, -0.2) is 43.6 Å². The van der Waals surface area contributed by atoms with Crippen LogP contribution >= 0.6 is 0 Å². The largest absolute Gasteiger partial charge is 0.450 e. The summed E-state index contributed by atoms with van der Waals surface area (Å²) in [6.07, 6.45) is 8.73. The lowest BCUT2D eigenvalue weighted by molar-refractivity contribution is -0.115. The van der Waals surface area contributed by atoms with E-state index in [-0.39, 0.29) is 5.69 Å². The lowest BCUT2D eigenvalue weighted by atomic mass is 10.1. The Morgan fingerprint density at radius 1 is 0.971 bits per heavy atom. The standard InChI is InChI=1S/C25H37F3N4O2/c1-4-5-6-7-8-9-10-11-12-13-18-29-20-14-16-21(17-15-20)32-23(33)22(19-34-31(2)3)30-24(32)25(26,27)28/h14-17,19,29H,4-13,18H2,1-3H3/b22-19+. The van der Waals surface area contributed by atoms with Crippen molar-refractivity contribution in [1.82, 2.24) is 5.06 Å². The van der Waals surface area contributed by atoms with Gasteiger partial charge in [0.05, 0.1) is 5.69 Å². The molecule has 0 aromatic heterocycles. The minimum atomic E-state index is -4.78. The first kappa shape index (κ1) is 27.7. The molecule has 0 spiro atoms. The highest BCUT2D eigenvalue weighted by Gasteiger charge is 2.48. The van der Waals surface area contributed by atoms with E-state index in [2.05, 4.69) is 17.2 Å². The maximum atomic E-state index is 13.5. The van der Waals surface area contributed by atoms with Crippen LogP contribution in [0.2, 0.25) is 0 Å². The van der Waals surface area contributed by atoms with Gasteiger partial charge in [-0.25, -0.2) is 4.99 Å². The Hall–Kier alpha value is -2.55. The Kier molecular flexibility index (Phi) is 11.4. The molecule has 1 aliphatic heterocycles. The number of amidine groups is 1. The van der Waals surface area contributed by atoms with Gasteiger partial charge in [-0.1, -0.05) is 64.7 Å². The molecule has 1 aromatic carbocycles. The van der Waals surface area contributed by atoms with Crippen LogP contribution in [0.5, 0.6) is 0 Å². The fourth-order valence-electron chi connectivity index (χ4n) is 3.66. The molecule has 6 nitrogen and oxygen atoms in total. The Labute approximate surface area is 200 Å². The van der Waals surface area contributed by atoms with Gasteiger partial charge in [-0.15, -0.1) is 0 Å². The lowest BCUT2D eigenvalue weighted by Gasteiger charge is -2.20. The van der Waals surface area contributed by atoms with Gasteiger partial charge in [0.1, 0.15) is 6.26 Å². The average Bonchev–Trinajstić information content (AvgIpc) is 3.13. The molecule has 0 bridgehead atoms. The zero-order chi connectivity index (χ0) is 25.0. The molecule has 0 radical (unpaired) electrons. The van der Waals surface area contributed by atoms with Crippen molar-refractivity contribution in [3.63, 3.8) is 0 Å². The van der Waals surface area contributed by atoms with E-state index in [1.807, 2.05) is 0 Å². The quantitative estimate of drug-likeness (QED) is 0.131. The minimum absolute atomic E-state index is 0.0961. The smallest absolute Gasteiger partial charge is 0.412 e. The Morgan fingerprint density at radius 2 is 1.53 bits per heavy atom. The highest BCUT2D eigenvalue weighted by molar-refractivity contribution is 6.28. The third kappa shape index (κ3) is 9.00. The summed E-state index contributed by atoms with van der Waals surface area (Å²) in [6.45, 7) is 3.02. The second-order valence-corrected chi connectivity index (χ2v) is 8.65. The van der Waals surface area contributed by atoms with E-state index >= 15 is 0 Å². The molecule has 0 saturated carbocycles. The maximum Gasteiger partial charge on any atom is 0.450 e. The third-order valence-electron chi connectivity index (χ3n) is 5.47. The highest BCUT2D eigenvalue weighted by atomic mass is 19.4. The number of anilines is 2. The van der Waals surface area contributed by atoms with Crippen molar-refractivity contribution in [3.05, 3.63) is 36.2 Å². The molecule has 1 N–H and O–H groups in total. The van der Waals surface area contributed by atoms with Gasteiger partial charge in [0.25, 0.3) is 5.91 Å². The number of carbonyl (C=O) groups is 1. The van der Waals surface area contributed by atoms with Gasteiger partial charge in [-0.05, 0) is 30.7 Å². The van der Waals surface area contributed by atoms with Gasteiger partial charge >= 0.3 is 6.18 Å². The first-order valence-corrected chi connectivity index (χ1v) is 12.1. The highest BCUT2D eigenvalue weighted by Crippen LogP contribution is 2.32. The SMILES string of the molecule is CCCCCCCCCCCCNc1ccc(N2C(=O)/C(=C\ON(C)C)N=C2C(F)(F)F)cc1. The van der Waals surface area contributed by atoms with Crippen molar-refractivity contribution >= 4 is 23.1 Å². The van der Waals surface area contributed by atoms with Crippen LogP contribution in [0, 0.1) is 0 Å². The first-order chi connectivity index (χ1) is 16.2. The fraction of sp³-hybridized carbons (Fsp3) is 0.600. The van der Waals surface area contributed by atoms with Crippen molar-refractivity contribution in [2.45, 2.75) is 77.3 Å². The second kappa shape index (κ2) is 14.0. The van der Waals surface area contributed by atoms with E-state index in [9.17, 15) is 18.0 Å². The minimum Gasteiger partial charge on any atom is -0.412 e. The topological polar surface area (TPSA) is 57.2 Å². The summed E-state index contributed by atoms with van der Waals surface area (Å²) in [4.78, 5) is 21.6. The number of hydrogen-bond donors (Lipinski definition) is 1. The molecule has 9 heteroatoms. The van der Waals surface area contributed by atoms with Gasteiger partial charge in [-0.2, -0.15) is 18.2 Å². The van der Waals surface area contributed by atoms with Crippen LogP contribution in [-0.2, 0) is 9.63 Å². The number of hydrogen-bond acceptors (Lipinski definition) is 5. The summed E-state index contributed by atoms with van der Waals surface area (Å²) in [5.74, 6) is -2.17. The molecule has 1 aromatic rings. The molecule has 2 rings (SSSR count). The summed E-state index contributed by atoms with van der Waals surface area (Å²) >= 11 is 0. The molecular weight excluding hydrogens is 445 g/mol. The van der Waals surface area contributed by atoms with Crippen molar-refractivity contribution in [2.24, 2.45) is 4.99 Å². The van der Waals surface area contributed by atoms with Crippen molar-refractivity contribution in [2.75, 3.05) is 30.9 Å². The number of nitrogens with zero attached hydrogens (tertiary/aromatic N) is 3. The number of alkyl halides is 3. The van der Waals surface area contributed by atoms with Crippen molar-refractivity contribution in [3.8, 4) is 0 Å². The van der Waals surface area contributed by atoms with Crippen molar-refractivity contribution < 1.29 is 22.8 Å². The average molecular weight is 483 g/mol. The van der Waals surface area contributed by atoms with E-state index in [1.165, 1.54) is 68.6 Å². The second-order valence-electron chi connectivity index (χ2n) is 8.65. The summed E-state index contributed by atoms with van der Waals surface area (Å²) in [7, 11) is 3.09. The maximum absolute atomic E-state index is 13.5. The van der Waals surface area contributed by atoms with Crippen LogP contribution in [0.1, 0.15) is 71.1 Å². The Morgan fingerprint density at radius 3 is 2.06 bits per heavy atom. The Balaban J connectivity index is 1.81. The molecule has 190 valence electrons. The van der Waals surface area contributed by atoms with Gasteiger partial charge in [-0.3, -0.25) is 9.69 Å². The zero-order valence-electron chi connectivity index (χ0n) is 20.5. The number of unbranched alkanes of at least 4 members (excludes halogenated alkanes) is 9. The molecule has 1 heterocycles. The normalized spacial score (nSPS) is 15.4. The van der Waals surface area contributed by atoms with Crippen LogP contribution in [0.25, 0.3) is 0 Å². The van der Waals surface area contributed by atoms with Gasteiger partial charge < -0.3 is 10.2 Å². The zero-order valence-corrected chi connectivity index (χ0v) is 20.5. The summed E-state index contributed by atoms with van der Waals surface area (Å²) in [5, 5.41) is 4.54. The van der Waals surface area contributed by atoms with Gasteiger partial charge in [0.2, 0.25) is 5.84 Å². The summed E-state index contributed by atoms with van der Waals surface area (Å²) in [6, 6.07) is 6.31. The number of rotatable bonds is 15. The molecule has 0 fully saturated rings. The van der Waals surface area contributed by atoms with E-state index in [1.54, 1.807) is 26.2 Å². The van der Waals surface area contributed by atoms with Gasteiger partial charge in [0, 0.05) is 26.3 Å². The van der Waals surface area contributed by atoms with Gasteiger partial charge in [0.15, 0.2) is 5.70 Å². The molecule has 1 aliphatic rings. The van der Waals surface area contributed by atoms with Crippen LogP contribution in [0.4, 0.5) is 24.5 Å². The molecule has 0 atom stereocenters. The molecule has 0 aliphatic carbocycles. The van der Waals surface area contributed by atoms with E-state index in [0.717, 1.165) is 31.3 Å². The number of hydroxylamine groups is 2. The monoisotopic (exact) mass is 482 g/mol. The lowest BCUT2D eigenvalue weighted by Crippen LogP contribution is -2.41. The number of aliphatic imine (C=N–C) groups is 1. The number of halogens is 3. The summed E-state index contributed by atoms with van der Waals surface area (Å²) in [5.41, 5.74) is 0.478. The molecule has 34 heavy (non-hydrogen) atoms.